The molecule has 0 aromatic carbocycles. The molecule has 140 valence electrons. The number of rotatable bonds is 3. The van der Waals surface area contributed by atoms with Crippen molar-refractivity contribution in [2.24, 2.45) is 11.7 Å². The number of nitrogens with two attached hydrogens (primary N) is 1. The largest absolute Gasteiger partial charge is 0.368 e. The molecule has 4 rings (SSSR count). The standard InChI is InChI=1S/C19H25FN4O2/c1-10-15(23-7-6-12(8-23)19(2,3)21)13(20)9-24-16(10)14(11-4-5-11)17(25)22-18(24)26/h9,11-12H,4-8,21H2,1-3H3,(H,22,25,26). The van der Waals surface area contributed by atoms with Crippen molar-refractivity contribution in [3.8, 4) is 0 Å². The molecule has 0 bridgehead atoms. The number of anilines is 1. The van der Waals surface area contributed by atoms with Crippen molar-refractivity contribution in [1.82, 2.24) is 9.38 Å². The zero-order valence-electron chi connectivity index (χ0n) is 15.4. The molecular formula is C19H25FN4O2. The highest BCUT2D eigenvalue weighted by atomic mass is 19.1. The number of pyridine rings is 1. The van der Waals surface area contributed by atoms with Gasteiger partial charge in [-0.2, -0.15) is 0 Å². The Labute approximate surface area is 150 Å². The molecule has 0 amide bonds. The molecule has 3 N–H and O–H groups in total. The summed E-state index contributed by atoms with van der Waals surface area (Å²) < 4.78 is 16.2. The summed E-state index contributed by atoms with van der Waals surface area (Å²) in [7, 11) is 0. The molecule has 2 aromatic rings. The average molecular weight is 360 g/mol. The summed E-state index contributed by atoms with van der Waals surface area (Å²) in [6.07, 6.45) is 3.96. The molecule has 1 unspecified atom stereocenters. The zero-order chi connectivity index (χ0) is 18.8. The fourth-order valence-electron chi connectivity index (χ4n) is 4.24. The Bertz CT molecular complexity index is 998. The fourth-order valence-corrected chi connectivity index (χ4v) is 4.24. The lowest BCUT2D eigenvalue weighted by Gasteiger charge is -2.28. The lowest BCUT2D eigenvalue weighted by atomic mass is 9.88. The highest BCUT2D eigenvalue weighted by molar-refractivity contribution is 5.72. The van der Waals surface area contributed by atoms with E-state index in [4.69, 9.17) is 5.73 Å². The Kier molecular flexibility index (Phi) is 3.77. The highest BCUT2D eigenvalue weighted by Gasteiger charge is 2.35. The van der Waals surface area contributed by atoms with Crippen LogP contribution in [0.3, 0.4) is 0 Å². The van der Waals surface area contributed by atoms with Gasteiger partial charge in [-0.3, -0.25) is 14.2 Å². The van der Waals surface area contributed by atoms with Crippen molar-refractivity contribution in [2.45, 2.75) is 51.5 Å². The molecule has 2 fully saturated rings. The van der Waals surface area contributed by atoms with Crippen LogP contribution in [-0.2, 0) is 0 Å². The monoisotopic (exact) mass is 360 g/mol. The lowest BCUT2D eigenvalue weighted by Crippen LogP contribution is -2.42. The number of nitrogens with one attached hydrogen (secondary N) is 1. The molecule has 6 nitrogen and oxygen atoms in total. The Hall–Kier alpha value is -2.15. The summed E-state index contributed by atoms with van der Waals surface area (Å²) in [6.45, 7) is 7.18. The van der Waals surface area contributed by atoms with Crippen LogP contribution in [0.4, 0.5) is 10.1 Å². The first-order chi connectivity index (χ1) is 12.2. The SMILES string of the molecule is Cc1c(N2CCC(C(C)(C)N)C2)c(F)cn2c(=O)[nH]c(=O)c(C3CC3)c12. The van der Waals surface area contributed by atoms with Crippen LogP contribution in [0.2, 0.25) is 0 Å². The van der Waals surface area contributed by atoms with Gasteiger partial charge in [-0.1, -0.05) is 0 Å². The van der Waals surface area contributed by atoms with Gasteiger partial charge in [-0.25, -0.2) is 9.18 Å². The van der Waals surface area contributed by atoms with Crippen LogP contribution in [-0.4, -0.2) is 28.0 Å². The lowest BCUT2D eigenvalue weighted by molar-refractivity contribution is 0.348. The molecule has 1 saturated heterocycles. The van der Waals surface area contributed by atoms with Gasteiger partial charge in [0.2, 0.25) is 0 Å². The van der Waals surface area contributed by atoms with Gasteiger partial charge in [-0.05, 0) is 51.9 Å². The molecular weight excluding hydrogens is 335 g/mol. The van der Waals surface area contributed by atoms with Crippen molar-refractivity contribution in [3.63, 3.8) is 0 Å². The maximum Gasteiger partial charge on any atom is 0.333 e. The third-order valence-electron chi connectivity index (χ3n) is 5.90. The summed E-state index contributed by atoms with van der Waals surface area (Å²) in [4.78, 5) is 29.0. The first kappa shape index (κ1) is 17.3. The van der Waals surface area contributed by atoms with Gasteiger partial charge in [0.15, 0.2) is 5.82 Å². The smallest absolute Gasteiger partial charge is 0.333 e. The first-order valence-corrected chi connectivity index (χ1v) is 9.20. The second-order valence-corrected chi connectivity index (χ2v) is 8.37. The normalized spacial score (nSPS) is 21.0. The fraction of sp³-hybridized carbons (Fsp3) is 0.579. The second-order valence-electron chi connectivity index (χ2n) is 8.37. The van der Waals surface area contributed by atoms with E-state index in [1.807, 2.05) is 18.7 Å². The number of aromatic nitrogens is 2. The van der Waals surface area contributed by atoms with Crippen molar-refractivity contribution in [1.29, 1.82) is 0 Å². The number of aryl methyl sites for hydroxylation is 1. The number of halogens is 1. The zero-order valence-corrected chi connectivity index (χ0v) is 15.4. The van der Waals surface area contributed by atoms with Gasteiger partial charge in [0.05, 0.1) is 17.4 Å². The number of nitrogens with zero attached hydrogens (tertiary/aromatic N) is 2. The van der Waals surface area contributed by atoms with Crippen LogP contribution in [0.5, 0.6) is 0 Å². The molecule has 1 aliphatic heterocycles. The molecule has 3 heterocycles. The summed E-state index contributed by atoms with van der Waals surface area (Å²) in [5.74, 6) is -0.0242. The summed E-state index contributed by atoms with van der Waals surface area (Å²) in [5.41, 5.74) is 7.30. The third-order valence-corrected chi connectivity index (χ3v) is 5.90. The van der Waals surface area contributed by atoms with Crippen LogP contribution < -0.4 is 21.9 Å². The van der Waals surface area contributed by atoms with Crippen molar-refractivity contribution >= 4 is 11.2 Å². The van der Waals surface area contributed by atoms with E-state index in [-0.39, 0.29) is 22.9 Å². The molecule has 0 spiro atoms. The number of fused-ring (bicyclic) bond motifs is 1. The van der Waals surface area contributed by atoms with Crippen molar-refractivity contribution in [3.05, 3.63) is 44.0 Å². The molecule has 26 heavy (non-hydrogen) atoms. The average Bonchev–Trinajstić information content (AvgIpc) is 3.24. The first-order valence-electron chi connectivity index (χ1n) is 9.20. The van der Waals surface area contributed by atoms with E-state index in [1.165, 1.54) is 10.6 Å². The van der Waals surface area contributed by atoms with Crippen molar-refractivity contribution in [2.75, 3.05) is 18.0 Å². The Morgan fingerprint density at radius 3 is 2.54 bits per heavy atom. The maximum atomic E-state index is 15.0. The van der Waals surface area contributed by atoms with E-state index in [0.717, 1.165) is 19.3 Å². The van der Waals surface area contributed by atoms with Gasteiger partial charge in [0.1, 0.15) is 0 Å². The number of H-pyrrole nitrogens is 1. The van der Waals surface area contributed by atoms with E-state index in [9.17, 15) is 14.0 Å². The molecule has 7 heteroatoms. The minimum absolute atomic E-state index is 0.153. The van der Waals surface area contributed by atoms with Gasteiger partial charge in [0.25, 0.3) is 5.56 Å². The quantitative estimate of drug-likeness (QED) is 0.875. The number of aromatic amines is 1. The minimum Gasteiger partial charge on any atom is -0.368 e. The maximum absolute atomic E-state index is 15.0. The van der Waals surface area contributed by atoms with Gasteiger partial charge >= 0.3 is 5.69 Å². The summed E-state index contributed by atoms with van der Waals surface area (Å²) in [5, 5.41) is 0. The molecule has 0 radical (unpaired) electrons. The van der Waals surface area contributed by atoms with Gasteiger partial charge < -0.3 is 10.6 Å². The van der Waals surface area contributed by atoms with E-state index >= 15 is 0 Å². The van der Waals surface area contributed by atoms with Gasteiger partial charge in [-0.15, -0.1) is 0 Å². The highest BCUT2D eigenvalue weighted by Crippen LogP contribution is 2.42. The van der Waals surface area contributed by atoms with Crippen LogP contribution in [0.1, 0.15) is 50.2 Å². The number of hydrogen-bond acceptors (Lipinski definition) is 4. The third kappa shape index (κ3) is 2.65. The molecule has 2 aromatic heterocycles. The van der Waals surface area contributed by atoms with E-state index in [2.05, 4.69) is 4.98 Å². The second kappa shape index (κ2) is 5.67. The Balaban J connectivity index is 1.91. The van der Waals surface area contributed by atoms with E-state index in [1.54, 1.807) is 6.92 Å². The van der Waals surface area contributed by atoms with E-state index in [0.29, 0.717) is 35.4 Å². The predicted octanol–water partition coefficient (Wildman–Crippen LogP) is 1.88. The molecule has 1 atom stereocenters. The van der Waals surface area contributed by atoms with Gasteiger partial charge in [0, 0.05) is 29.8 Å². The molecule has 1 saturated carbocycles. The van der Waals surface area contributed by atoms with E-state index < -0.39 is 11.5 Å². The molecule has 2 aliphatic rings. The van der Waals surface area contributed by atoms with Crippen LogP contribution >= 0.6 is 0 Å². The van der Waals surface area contributed by atoms with Crippen LogP contribution in [0.25, 0.3) is 5.52 Å². The summed E-state index contributed by atoms with van der Waals surface area (Å²) >= 11 is 0. The van der Waals surface area contributed by atoms with Crippen LogP contribution in [0.15, 0.2) is 15.8 Å². The predicted molar refractivity (Wildman–Crippen MR) is 99.5 cm³/mol. The number of hydrogen-bond donors (Lipinski definition) is 2. The Morgan fingerprint density at radius 1 is 1.27 bits per heavy atom. The summed E-state index contributed by atoms with van der Waals surface area (Å²) in [6, 6.07) is 0. The van der Waals surface area contributed by atoms with Crippen LogP contribution in [0, 0.1) is 18.7 Å². The molecule has 1 aliphatic carbocycles. The van der Waals surface area contributed by atoms with Crippen molar-refractivity contribution < 1.29 is 4.39 Å². The topological polar surface area (TPSA) is 83.6 Å². The minimum atomic E-state index is -0.592. The Morgan fingerprint density at radius 2 is 1.96 bits per heavy atom.